The number of carbonyl (C=O) groups is 1. The number of phenols is 1. The lowest BCUT2D eigenvalue weighted by molar-refractivity contribution is 0.0752. The molecule has 2 aromatic carbocycles. The monoisotopic (exact) mass is 655 g/mol. The Morgan fingerprint density at radius 3 is 2.80 bits per heavy atom. The molecule has 1 aliphatic carbocycles. The highest BCUT2D eigenvalue weighted by molar-refractivity contribution is 14.1. The van der Waals surface area contributed by atoms with E-state index in [4.69, 9.17) is 14.7 Å². The van der Waals surface area contributed by atoms with E-state index in [1.54, 1.807) is 12.1 Å². The Labute approximate surface area is 249 Å². The number of carbonyl (C=O) groups excluding carboxylic acids is 1. The lowest BCUT2D eigenvalue weighted by Crippen LogP contribution is -2.36. The van der Waals surface area contributed by atoms with Crippen LogP contribution < -0.4 is 9.64 Å². The van der Waals surface area contributed by atoms with Crippen molar-refractivity contribution in [1.82, 2.24) is 19.8 Å². The van der Waals surface area contributed by atoms with Crippen molar-refractivity contribution >= 4 is 45.1 Å². The number of phenolic OH excluding ortho intramolecular Hbond substituents is 1. The molecule has 8 nitrogen and oxygen atoms in total. The number of anilines is 1. The first kappa shape index (κ1) is 27.5. The fraction of sp³-hybridized carbons (Fsp3) is 0.516. The van der Waals surface area contributed by atoms with E-state index in [9.17, 15) is 9.90 Å². The molecule has 3 aromatic rings. The van der Waals surface area contributed by atoms with Gasteiger partial charge in [0.15, 0.2) is 0 Å². The second-order valence-electron chi connectivity index (χ2n) is 12.1. The van der Waals surface area contributed by atoms with E-state index in [0.29, 0.717) is 37.2 Å². The topological polar surface area (TPSA) is 82.0 Å². The van der Waals surface area contributed by atoms with Crippen molar-refractivity contribution in [1.29, 1.82) is 0 Å². The van der Waals surface area contributed by atoms with Gasteiger partial charge in [-0.2, -0.15) is 9.97 Å². The molecule has 2 aliphatic heterocycles. The summed E-state index contributed by atoms with van der Waals surface area (Å²) in [5.74, 6) is 1.54. The van der Waals surface area contributed by atoms with Crippen LogP contribution in [0.5, 0.6) is 11.8 Å². The second-order valence-corrected chi connectivity index (χ2v) is 13.3. The van der Waals surface area contributed by atoms with Gasteiger partial charge in [0, 0.05) is 39.6 Å². The van der Waals surface area contributed by atoms with E-state index in [1.165, 1.54) is 6.42 Å². The molecule has 1 amide bonds. The number of hydrogen-bond acceptors (Lipinski definition) is 7. The molecule has 6 rings (SSSR count). The summed E-state index contributed by atoms with van der Waals surface area (Å²) in [5, 5.41) is 12.2. The minimum Gasteiger partial charge on any atom is -0.508 e. The molecule has 0 bridgehead atoms. The van der Waals surface area contributed by atoms with Crippen molar-refractivity contribution in [2.75, 3.05) is 45.2 Å². The molecule has 0 spiro atoms. The number of ether oxygens (including phenoxy) is 1. The van der Waals surface area contributed by atoms with Gasteiger partial charge in [-0.1, -0.05) is 25.5 Å². The molecule has 1 N–H and O–H groups in total. The first-order valence-corrected chi connectivity index (χ1v) is 15.5. The standard InChI is InChI=1S/C31H38IN5O3/c1-4-20-7-6-12-36(15-20)28-24-16-37(29(39)23-14-22(38)13-21-8-5-9-25(32)27(21)23)17-26(24)33-30(34-28)40-19-31(10-11-31)18-35(2)3/h5,8-9,13-14,20,38H,4,6-7,10-12,15-19H2,1-3H3. The van der Waals surface area contributed by atoms with Crippen LogP contribution in [0.25, 0.3) is 10.8 Å². The summed E-state index contributed by atoms with van der Waals surface area (Å²) in [4.78, 5) is 30.3. The van der Waals surface area contributed by atoms with Crippen LogP contribution in [0.4, 0.5) is 5.82 Å². The van der Waals surface area contributed by atoms with Crippen LogP contribution in [-0.2, 0) is 13.1 Å². The Balaban J connectivity index is 1.32. The molecule has 40 heavy (non-hydrogen) atoms. The van der Waals surface area contributed by atoms with Gasteiger partial charge in [-0.15, -0.1) is 0 Å². The van der Waals surface area contributed by atoms with Gasteiger partial charge in [0.1, 0.15) is 11.6 Å². The zero-order chi connectivity index (χ0) is 28.0. The molecule has 212 valence electrons. The Morgan fingerprint density at radius 2 is 2.05 bits per heavy atom. The van der Waals surface area contributed by atoms with Gasteiger partial charge in [-0.05, 0) is 91.9 Å². The third kappa shape index (κ3) is 5.46. The highest BCUT2D eigenvalue weighted by Crippen LogP contribution is 2.46. The van der Waals surface area contributed by atoms with Crippen LogP contribution in [0.1, 0.15) is 60.6 Å². The Bertz CT molecular complexity index is 1440. The van der Waals surface area contributed by atoms with Gasteiger partial charge in [0.05, 0.1) is 31.0 Å². The van der Waals surface area contributed by atoms with E-state index < -0.39 is 0 Å². The summed E-state index contributed by atoms with van der Waals surface area (Å²) < 4.78 is 7.28. The molecule has 1 unspecified atom stereocenters. The zero-order valence-electron chi connectivity index (χ0n) is 23.6. The van der Waals surface area contributed by atoms with Gasteiger partial charge < -0.3 is 24.5 Å². The van der Waals surface area contributed by atoms with Crippen molar-refractivity contribution in [3.8, 4) is 11.8 Å². The minimum atomic E-state index is -0.107. The van der Waals surface area contributed by atoms with E-state index in [-0.39, 0.29) is 17.1 Å². The maximum Gasteiger partial charge on any atom is 0.318 e. The summed E-state index contributed by atoms with van der Waals surface area (Å²) in [6.45, 7) is 6.62. The molecule has 3 heterocycles. The fourth-order valence-corrected chi connectivity index (χ4v) is 7.20. The quantitative estimate of drug-likeness (QED) is 0.324. The molecular formula is C31H38IN5O3. The lowest BCUT2D eigenvalue weighted by atomic mass is 9.95. The first-order chi connectivity index (χ1) is 19.2. The van der Waals surface area contributed by atoms with Crippen LogP contribution in [0, 0.1) is 14.9 Å². The first-order valence-electron chi connectivity index (χ1n) is 14.4. The summed E-state index contributed by atoms with van der Waals surface area (Å²) in [7, 11) is 4.21. The number of piperidine rings is 1. The van der Waals surface area contributed by atoms with Crippen molar-refractivity contribution in [2.45, 2.75) is 52.1 Å². The molecule has 0 radical (unpaired) electrons. The molecular weight excluding hydrogens is 617 g/mol. The van der Waals surface area contributed by atoms with Crippen LogP contribution in [0.15, 0.2) is 30.3 Å². The van der Waals surface area contributed by atoms with Crippen molar-refractivity contribution in [3.05, 3.63) is 50.7 Å². The number of halogens is 1. The molecule has 2 fully saturated rings. The molecule has 1 atom stereocenters. The Hall–Kier alpha value is -2.66. The largest absolute Gasteiger partial charge is 0.508 e. The predicted octanol–water partition coefficient (Wildman–Crippen LogP) is 5.44. The smallest absolute Gasteiger partial charge is 0.318 e. The maximum atomic E-state index is 14.0. The van der Waals surface area contributed by atoms with Gasteiger partial charge in [0.25, 0.3) is 5.91 Å². The number of benzene rings is 2. The van der Waals surface area contributed by atoms with Crippen LogP contribution in [0.2, 0.25) is 0 Å². The number of fused-ring (bicyclic) bond motifs is 2. The average molecular weight is 656 g/mol. The number of aromatic nitrogens is 2. The Kier molecular flexibility index (Phi) is 7.54. The van der Waals surface area contributed by atoms with Gasteiger partial charge in [-0.3, -0.25) is 4.79 Å². The van der Waals surface area contributed by atoms with E-state index in [1.807, 2.05) is 23.1 Å². The highest BCUT2D eigenvalue weighted by Gasteiger charge is 2.44. The molecule has 3 aliphatic rings. The number of rotatable bonds is 8. The van der Waals surface area contributed by atoms with Gasteiger partial charge in [0.2, 0.25) is 0 Å². The highest BCUT2D eigenvalue weighted by atomic mass is 127. The van der Waals surface area contributed by atoms with Crippen LogP contribution in [0.3, 0.4) is 0 Å². The summed E-state index contributed by atoms with van der Waals surface area (Å²) in [6, 6.07) is 9.59. The zero-order valence-corrected chi connectivity index (χ0v) is 25.8. The van der Waals surface area contributed by atoms with Crippen molar-refractivity contribution in [2.24, 2.45) is 11.3 Å². The van der Waals surface area contributed by atoms with Gasteiger partial charge >= 0.3 is 6.01 Å². The number of hydrogen-bond donors (Lipinski definition) is 1. The second kappa shape index (κ2) is 11.0. The van der Waals surface area contributed by atoms with Crippen molar-refractivity contribution in [3.63, 3.8) is 0 Å². The SMILES string of the molecule is CCC1CCCN(c2nc(OCC3(CN(C)C)CC3)nc3c2CN(C(=O)c2cc(O)cc4cccc(I)c24)C3)C1. The molecule has 9 heteroatoms. The molecule has 1 saturated carbocycles. The van der Waals surface area contributed by atoms with Crippen molar-refractivity contribution < 1.29 is 14.6 Å². The molecule has 1 aromatic heterocycles. The maximum absolute atomic E-state index is 14.0. The third-order valence-corrected chi connectivity index (χ3v) is 9.58. The minimum absolute atomic E-state index is 0.0939. The normalized spacial score (nSPS) is 19.8. The van der Waals surface area contributed by atoms with Crippen LogP contribution in [-0.4, -0.2) is 71.1 Å². The lowest BCUT2D eigenvalue weighted by Gasteiger charge is -2.34. The average Bonchev–Trinajstić information content (AvgIpc) is 3.55. The summed E-state index contributed by atoms with van der Waals surface area (Å²) >= 11 is 2.26. The third-order valence-electron chi connectivity index (χ3n) is 8.68. The number of amides is 1. The predicted molar refractivity (Wildman–Crippen MR) is 165 cm³/mol. The Morgan fingerprint density at radius 1 is 1.23 bits per heavy atom. The number of nitrogens with zero attached hydrogens (tertiary/aromatic N) is 5. The fourth-order valence-electron chi connectivity index (χ4n) is 6.39. The van der Waals surface area contributed by atoms with E-state index in [0.717, 1.165) is 76.7 Å². The molecule has 1 saturated heterocycles. The van der Waals surface area contributed by atoms with E-state index >= 15 is 0 Å². The number of aromatic hydroxyl groups is 1. The summed E-state index contributed by atoms with van der Waals surface area (Å²) in [6.07, 6.45) is 5.84. The summed E-state index contributed by atoms with van der Waals surface area (Å²) in [5.41, 5.74) is 2.58. The van der Waals surface area contributed by atoms with Crippen LogP contribution >= 0.6 is 22.6 Å². The van der Waals surface area contributed by atoms with Gasteiger partial charge in [-0.25, -0.2) is 0 Å². The van der Waals surface area contributed by atoms with E-state index in [2.05, 4.69) is 53.4 Å².